The van der Waals surface area contributed by atoms with Crippen molar-refractivity contribution in [3.8, 4) is 0 Å². The molecule has 0 aromatic heterocycles. The molecular weight excluding hydrogens is 261 g/mol. The molecule has 1 unspecified atom stereocenters. The highest BCUT2D eigenvalue weighted by molar-refractivity contribution is 5.41. The number of fused-ring (bicyclic) bond motifs is 1. The Labute approximate surface area is 118 Å². The molecule has 0 amide bonds. The SMILES string of the molecule is Cc1ccc2c(c1F)C(F)(F)C(C1CCC(C)CC1)C2. The van der Waals surface area contributed by atoms with Crippen molar-refractivity contribution < 1.29 is 13.2 Å². The molecule has 1 aromatic carbocycles. The van der Waals surface area contributed by atoms with Gasteiger partial charge in [0, 0.05) is 5.92 Å². The van der Waals surface area contributed by atoms with Crippen molar-refractivity contribution in [1.82, 2.24) is 0 Å². The van der Waals surface area contributed by atoms with Crippen LogP contribution in [0, 0.1) is 30.5 Å². The van der Waals surface area contributed by atoms with Gasteiger partial charge in [-0.3, -0.25) is 0 Å². The average Bonchev–Trinajstić information content (AvgIpc) is 2.67. The maximum Gasteiger partial charge on any atom is 0.279 e. The highest BCUT2D eigenvalue weighted by Crippen LogP contribution is 2.53. The highest BCUT2D eigenvalue weighted by atomic mass is 19.3. The van der Waals surface area contributed by atoms with Crippen LogP contribution in [0.5, 0.6) is 0 Å². The third-order valence-electron chi connectivity index (χ3n) is 5.29. The van der Waals surface area contributed by atoms with Gasteiger partial charge in [0.05, 0.1) is 5.56 Å². The minimum atomic E-state index is -3.00. The summed E-state index contributed by atoms with van der Waals surface area (Å²) in [5.41, 5.74) is 0.518. The molecule has 1 atom stereocenters. The van der Waals surface area contributed by atoms with Crippen LogP contribution in [0.15, 0.2) is 12.1 Å². The summed E-state index contributed by atoms with van der Waals surface area (Å²) in [6, 6.07) is 3.31. The second-order valence-corrected chi connectivity index (χ2v) is 6.68. The van der Waals surface area contributed by atoms with E-state index in [0.717, 1.165) is 25.7 Å². The van der Waals surface area contributed by atoms with E-state index in [0.29, 0.717) is 23.5 Å². The third-order valence-corrected chi connectivity index (χ3v) is 5.29. The zero-order valence-electron chi connectivity index (χ0n) is 12.1. The average molecular weight is 282 g/mol. The normalized spacial score (nSPS) is 32.1. The Morgan fingerprint density at radius 2 is 1.75 bits per heavy atom. The molecule has 0 N–H and O–H groups in total. The number of hydrogen-bond donors (Lipinski definition) is 0. The molecule has 0 radical (unpaired) electrons. The fourth-order valence-electron chi connectivity index (χ4n) is 3.95. The van der Waals surface area contributed by atoms with Gasteiger partial charge in [-0.15, -0.1) is 0 Å². The minimum Gasteiger partial charge on any atom is -0.206 e. The Kier molecular flexibility index (Phi) is 3.34. The number of alkyl halides is 2. The molecule has 0 bridgehead atoms. The zero-order valence-corrected chi connectivity index (χ0v) is 12.1. The van der Waals surface area contributed by atoms with E-state index >= 15 is 0 Å². The summed E-state index contributed by atoms with van der Waals surface area (Å²) in [6.07, 6.45) is 4.09. The van der Waals surface area contributed by atoms with E-state index in [-0.39, 0.29) is 11.5 Å². The molecule has 2 aliphatic rings. The predicted molar refractivity (Wildman–Crippen MR) is 73.3 cm³/mol. The summed E-state index contributed by atoms with van der Waals surface area (Å²) in [5.74, 6) is -3.73. The van der Waals surface area contributed by atoms with E-state index in [9.17, 15) is 13.2 Å². The van der Waals surface area contributed by atoms with Crippen molar-refractivity contribution in [1.29, 1.82) is 0 Å². The standard InChI is InChI=1S/C17H21F3/c1-10-3-6-12(7-4-10)14-9-13-8-5-11(2)16(18)15(13)17(14,19)20/h5,8,10,12,14H,3-4,6-7,9H2,1-2H3. The fraction of sp³-hybridized carbons (Fsp3) is 0.647. The monoisotopic (exact) mass is 282 g/mol. The van der Waals surface area contributed by atoms with Crippen molar-refractivity contribution in [3.63, 3.8) is 0 Å². The van der Waals surface area contributed by atoms with Crippen molar-refractivity contribution in [2.24, 2.45) is 17.8 Å². The molecule has 20 heavy (non-hydrogen) atoms. The number of hydrogen-bond acceptors (Lipinski definition) is 0. The van der Waals surface area contributed by atoms with Gasteiger partial charge in [-0.25, -0.2) is 13.2 Å². The van der Waals surface area contributed by atoms with E-state index in [1.165, 1.54) is 0 Å². The maximum absolute atomic E-state index is 14.7. The first-order valence-corrected chi connectivity index (χ1v) is 7.57. The van der Waals surface area contributed by atoms with Crippen molar-refractivity contribution in [2.45, 2.75) is 51.9 Å². The molecule has 1 saturated carbocycles. The summed E-state index contributed by atoms with van der Waals surface area (Å²) in [7, 11) is 0. The Hall–Kier alpha value is -0.990. The summed E-state index contributed by atoms with van der Waals surface area (Å²) < 4.78 is 43.5. The molecule has 1 fully saturated rings. The molecule has 3 heteroatoms. The van der Waals surface area contributed by atoms with Gasteiger partial charge < -0.3 is 0 Å². The van der Waals surface area contributed by atoms with Gasteiger partial charge in [0.1, 0.15) is 5.82 Å². The first-order valence-electron chi connectivity index (χ1n) is 7.57. The Morgan fingerprint density at radius 1 is 1.10 bits per heavy atom. The molecular formula is C17H21F3. The van der Waals surface area contributed by atoms with Gasteiger partial charge in [-0.1, -0.05) is 31.9 Å². The molecule has 0 heterocycles. The van der Waals surface area contributed by atoms with E-state index in [1.807, 2.05) is 0 Å². The number of rotatable bonds is 1. The van der Waals surface area contributed by atoms with Crippen LogP contribution < -0.4 is 0 Å². The largest absolute Gasteiger partial charge is 0.279 e. The van der Waals surface area contributed by atoms with Gasteiger partial charge in [-0.2, -0.15) is 0 Å². The van der Waals surface area contributed by atoms with Crippen LogP contribution in [0.3, 0.4) is 0 Å². The number of benzene rings is 1. The van der Waals surface area contributed by atoms with E-state index in [4.69, 9.17) is 0 Å². The minimum absolute atomic E-state index is 0.0355. The van der Waals surface area contributed by atoms with E-state index in [2.05, 4.69) is 6.92 Å². The smallest absolute Gasteiger partial charge is 0.206 e. The van der Waals surface area contributed by atoms with Gasteiger partial charge in [0.15, 0.2) is 0 Å². The number of halogens is 3. The Bertz CT molecular complexity index is 513. The van der Waals surface area contributed by atoms with E-state index in [1.54, 1.807) is 19.1 Å². The van der Waals surface area contributed by atoms with Crippen LogP contribution in [0.1, 0.15) is 49.3 Å². The lowest BCUT2D eigenvalue weighted by Crippen LogP contribution is -2.31. The number of aryl methyl sites for hydroxylation is 1. The van der Waals surface area contributed by atoms with Crippen LogP contribution in [0.2, 0.25) is 0 Å². The summed E-state index contributed by atoms with van der Waals surface area (Å²) in [5, 5.41) is 0. The van der Waals surface area contributed by atoms with Crippen molar-refractivity contribution >= 4 is 0 Å². The first-order chi connectivity index (χ1) is 9.41. The third kappa shape index (κ3) is 2.06. The lowest BCUT2D eigenvalue weighted by Gasteiger charge is -2.33. The molecule has 0 saturated heterocycles. The van der Waals surface area contributed by atoms with Gasteiger partial charge in [0.2, 0.25) is 0 Å². The summed E-state index contributed by atoms with van der Waals surface area (Å²) in [4.78, 5) is 0. The van der Waals surface area contributed by atoms with E-state index < -0.39 is 17.7 Å². The molecule has 110 valence electrons. The maximum atomic E-state index is 14.7. The van der Waals surface area contributed by atoms with Gasteiger partial charge >= 0.3 is 0 Å². The molecule has 0 spiro atoms. The first kappa shape index (κ1) is 14.0. The second kappa shape index (κ2) is 4.78. The summed E-state index contributed by atoms with van der Waals surface area (Å²) >= 11 is 0. The second-order valence-electron chi connectivity index (χ2n) is 6.68. The van der Waals surface area contributed by atoms with Gasteiger partial charge in [0.25, 0.3) is 5.92 Å². The topological polar surface area (TPSA) is 0 Å². The highest BCUT2D eigenvalue weighted by Gasteiger charge is 2.53. The fourth-order valence-corrected chi connectivity index (χ4v) is 3.95. The van der Waals surface area contributed by atoms with Gasteiger partial charge in [-0.05, 0) is 49.1 Å². The lowest BCUT2D eigenvalue weighted by molar-refractivity contribution is -0.0836. The predicted octanol–water partition coefficient (Wildman–Crippen LogP) is 5.22. The molecule has 3 rings (SSSR count). The van der Waals surface area contributed by atoms with Crippen molar-refractivity contribution in [3.05, 3.63) is 34.6 Å². The molecule has 1 aromatic rings. The Morgan fingerprint density at radius 3 is 2.40 bits per heavy atom. The van der Waals surface area contributed by atoms with Crippen LogP contribution >= 0.6 is 0 Å². The van der Waals surface area contributed by atoms with Crippen LogP contribution in [-0.4, -0.2) is 0 Å². The Balaban J connectivity index is 1.92. The van der Waals surface area contributed by atoms with Crippen LogP contribution in [0.4, 0.5) is 13.2 Å². The summed E-state index contributed by atoms with van der Waals surface area (Å²) in [6.45, 7) is 3.74. The zero-order chi connectivity index (χ0) is 14.5. The molecule has 2 aliphatic carbocycles. The molecule has 0 nitrogen and oxygen atoms in total. The lowest BCUT2D eigenvalue weighted by atomic mass is 9.74. The quantitative estimate of drug-likeness (QED) is 0.662. The van der Waals surface area contributed by atoms with Crippen LogP contribution in [-0.2, 0) is 12.3 Å². The van der Waals surface area contributed by atoms with Crippen molar-refractivity contribution in [2.75, 3.05) is 0 Å². The van der Waals surface area contributed by atoms with Crippen LogP contribution in [0.25, 0.3) is 0 Å². The molecule has 0 aliphatic heterocycles.